The molecule has 3 rings (SSSR count). The second-order valence-corrected chi connectivity index (χ2v) is 8.43. The first-order valence-corrected chi connectivity index (χ1v) is 11.1. The number of rotatable bonds is 9. The zero-order chi connectivity index (χ0) is 30.8. The molecule has 0 aromatic heterocycles. The lowest BCUT2D eigenvalue weighted by Crippen LogP contribution is -2.41. The second kappa shape index (κ2) is 11.6. The van der Waals surface area contributed by atoms with Crippen molar-refractivity contribution in [3.63, 3.8) is 0 Å². The molecule has 0 saturated carbocycles. The topological polar surface area (TPSA) is 41.9 Å². The Morgan fingerprint density at radius 3 is 1.90 bits per heavy atom. The van der Waals surface area contributed by atoms with Gasteiger partial charge in [-0.25, -0.2) is 4.39 Å². The summed E-state index contributed by atoms with van der Waals surface area (Å²) in [5.74, 6) is -2.69. The Bertz CT molecular complexity index is 1340. The molecule has 224 valence electrons. The van der Waals surface area contributed by atoms with Gasteiger partial charge in [-0.3, -0.25) is 0 Å². The Kier molecular flexibility index (Phi) is 8.96. The van der Waals surface area contributed by atoms with Crippen LogP contribution in [0.1, 0.15) is 11.1 Å². The Hall–Kier alpha value is -3.82. The van der Waals surface area contributed by atoms with Crippen LogP contribution in [-0.4, -0.2) is 36.2 Å². The summed E-state index contributed by atoms with van der Waals surface area (Å²) in [6.45, 7) is -2.12. The van der Waals surface area contributed by atoms with Crippen molar-refractivity contribution >= 4 is 5.69 Å². The zero-order valence-electron chi connectivity index (χ0n) is 20.1. The van der Waals surface area contributed by atoms with Gasteiger partial charge in [-0.1, -0.05) is 12.1 Å². The highest BCUT2D eigenvalue weighted by atomic mass is 19.4. The maximum atomic E-state index is 14.4. The van der Waals surface area contributed by atoms with Crippen LogP contribution >= 0.6 is 0 Å². The first-order valence-electron chi connectivity index (χ1n) is 11.1. The molecule has 0 radical (unpaired) electrons. The van der Waals surface area contributed by atoms with Gasteiger partial charge in [0.05, 0.1) is 12.1 Å². The van der Waals surface area contributed by atoms with Crippen molar-refractivity contribution in [2.45, 2.75) is 37.3 Å². The van der Waals surface area contributed by atoms with Crippen LogP contribution in [0.4, 0.5) is 58.4 Å². The number of anilines is 1. The van der Waals surface area contributed by atoms with E-state index in [0.717, 1.165) is 30.3 Å². The minimum atomic E-state index is -6.03. The van der Waals surface area contributed by atoms with E-state index in [-0.39, 0.29) is 17.2 Å². The molecule has 0 saturated heterocycles. The fourth-order valence-corrected chi connectivity index (χ4v) is 3.34. The molecule has 1 atom stereocenters. The number of alkyl halides is 11. The van der Waals surface area contributed by atoms with Crippen LogP contribution in [0.2, 0.25) is 0 Å². The Labute approximate surface area is 223 Å². The van der Waals surface area contributed by atoms with Crippen molar-refractivity contribution < 1.29 is 67.3 Å². The smallest absolute Gasteiger partial charge is 0.457 e. The summed E-state index contributed by atoms with van der Waals surface area (Å²) in [5.41, 5.74) is -2.14. The van der Waals surface area contributed by atoms with Gasteiger partial charge in [0.1, 0.15) is 23.1 Å². The van der Waals surface area contributed by atoms with Gasteiger partial charge in [-0.05, 0) is 42.5 Å². The molecule has 1 N–H and O–H groups in total. The van der Waals surface area contributed by atoms with Crippen molar-refractivity contribution in [2.24, 2.45) is 0 Å². The molecule has 0 fully saturated rings. The molecule has 0 heterocycles. The number of aliphatic hydroxyl groups is 1. The number of hydrogen-bond donors (Lipinski definition) is 1. The molecule has 41 heavy (non-hydrogen) atoms. The normalized spacial score (nSPS) is 13.6. The number of hydrogen-bond acceptors (Lipinski definition) is 4. The zero-order valence-corrected chi connectivity index (χ0v) is 20.1. The molecular formula is C25H17F12NO3. The van der Waals surface area contributed by atoms with Crippen LogP contribution in [0.3, 0.4) is 0 Å². The Balaban J connectivity index is 1.92. The Morgan fingerprint density at radius 2 is 1.32 bits per heavy atom. The summed E-state index contributed by atoms with van der Waals surface area (Å²) in [6, 6.07) is 9.43. The minimum absolute atomic E-state index is 0.210. The van der Waals surface area contributed by atoms with E-state index >= 15 is 0 Å². The van der Waals surface area contributed by atoms with E-state index in [1.807, 2.05) is 0 Å². The van der Waals surface area contributed by atoms with Gasteiger partial charge in [0.2, 0.25) is 0 Å². The number of aliphatic hydroxyl groups excluding tert-OH is 1. The van der Waals surface area contributed by atoms with Crippen LogP contribution in [0, 0.1) is 5.82 Å². The lowest BCUT2D eigenvalue weighted by atomic mass is 10.1. The fourth-order valence-electron chi connectivity index (χ4n) is 3.34. The van der Waals surface area contributed by atoms with E-state index in [2.05, 4.69) is 4.74 Å². The molecule has 0 bridgehead atoms. The summed E-state index contributed by atoms with van der Waals surface area (Å²) >= 11 is 0. The molecule has 0 aliphatic heterocycles. The largest absolute Gasteiger partial charge is 0.499 e. The quantitative estimate of drug-likeness (QED) is 0.250. The maximum absolute atomic E-state index is 14.4. The van der Waals surface area contributed by atoms with Crippen molar-refractivity contribution in [3.8, 4) is 17.2 Å². The van der Waals surface area contributed by atoms with E-state index in [4.69, 9.17) is 4.74 Å². The highest BCUT2D eigenvalue weighted by Gasteiger charge is 2.61. The molecule has 3 aromatic rings. The van der Waals surface area contributed by atoms with Gasteiger partial charge in [-0.15, -0.1) is 0 Å². The molecular weight excluding hydrogens is 590 g/mol. The van der Waals surface area contributed by atoms with Crippen molar-refractivity contribution in [1.29, 1.82) is 0 Å². The van der Waals surface area contributed by atoms with Gasteiger partial charge in [0, 0.05) is 29.9 Å². The molecule has 4 nitrogen and oxygen atoms in total. The fraction of sp³-hybridized carbons (Fsp3) is 0.280. The lowest BCUT2D eigenvalue weighted by Gasteiger charge is -2.29. The van der Waals surface area contributed by atoms with Gasteiger partial charge in [0.15, 0.2) is 6.10 Å². The Morgan fingerprint density at radius 1 is 0.732 bits per heavy atom. The monoisotopic (exact) mass is 607 g/mol. The number of nitrogens with zero attached hydrogens (tertiary/aromatic N) is 1. The molecule has 0 aliphatic carbocycles. The number of ether oxygens (including phenoxy) is 2. The molecule has 0 spiro atoms. The van der Waals surface area contributed by atoms with Crippen LogP contribution < -0.4 is 14.4 Å². The molecule has 16 heteroatoms. The molecule has 0 unspecified atom stereocenters. The number of halogens is 12. The lowest BCUT2D eigenvalue weighted by molar-refractivity contribution is -0.360. The van der Waals surface area contributed by atoms with Crippen LogP contribution in [0.25, 0.3) is 0 Å². The van der Waals surface area contributed by atoms with E-state index < -0.39 is 66.5 Å². The van der Waals surface area contributed by atoms with Crippen LogP contribution in [0.5, 0.6) is 17.2 Å². The predicted octanol–water partition coefficient (Wildman–Crippen LogP) is 8.10. The third kappa shape index (κ3) is 8.34. The van der Waals surface area contributed by atoms with Gasteiger partial charge < -0.3 is 19.5 Å². The summed E-state index contributed by atoms with van der Waals surface area (Å²) in [7, 11) is 0. The molecule has 3 aromatic carbocycles. The number of benzene rings is 3. The SMILES string of the molecule is O[C@H](CN(Cc1cc(C(F)(F)F)ccc1F)c1cccc(Oc2cccc(OC(F)(F)C(F)(F)F)c2)c1)C(F)(F)F. The average Bonchev–Trinajstić information content (AvgIpc) is 2.83. The standard InChI is InChI=1S/C25H17F12NO3/c26-20-8-7-15(22(27,28)29)9-14(20)12-38(13-21(39)23(30,31)32)16-3-1-4-17(10-16)40-18-5-2-6-19(11-18)41-25(36,37)24(33,34)35/h1-11,21,39H,12-13H2/t21-/m1/s1. The summed E-state index contributed by atoms with van der Waals surface area (Å²) < 4.78 is 166. The average molecular weight is 607 g/mol. The first kappa shape index (κ1) is 31.7. The second-order valence-electron chi connectivity index (χ2n) is 8.43. The van der Waals surface area contributed by atoms with E-state index in [1.54, 1.807) is 0 Å². The van der Waals surface area contributed by atoms with Crippen molar-refractivity contribution in [1.82, 2.24) is 0 Å². The maximum Gasteiger partial charge on any atom is 0.499 e. The third-order valence-corrected chi connectivity index (χ3v) is 5.31. The van der Waals surface area contributed by atoms with Crippen LogP contribution in [0.15, 0.2) is 66.7 Å². The first-order chi connectivity index (χ1) is 18.8. The van der Waals surface area contributed by atoms with E-state index in [1.165, 1.54) is 12.1 Å². The highest BCUT2D eigenvalue weighted by Crippen LogP contribution is 2.39. The van der Waals surface area contributed by atoms with Crippen molar-refractivity contribution in [3.05, 3.63) is 83.7 Å². The van der Waals surface area contributed by atoms with E-state index in [0.29, 0.717) is 29.2 Å². The minimum Gasteiger partial charge on any atom is -0.457 e. The molecule has 0 amide bonds. The third-order valence-electron chi connectivity index (χ3n) is 5.31. The van der Waals surface area contributed by atoms with Gasteiger partial charge >= 0.3 is 24.6 Å². The predicted molar refractivity (Wildman–Crippen MR) is 119 cm³/mol. The molecule has 0 aliphatic rings. The van der Waals surface area contributed by atoms with Crippen molar-refractivity contribution in [2.75, 3.05) is 11.4 Å². The summed E-state index contributed by atoms with van der Waals surface area (Å²) in [6.07, 6.45) is -24.6. The summed E-state index contributed by atoms with van der Waals surface area (Å²) in [4.78, 5) is 0.715. The van der Waals surface area contributed by atoms with Gasteiger partial charge in [0.25, 0.3) is 0 Å². The van der Waals surface area contributed by atoms with Crippen LogP contribution in [-0.2, 0) is 12.7 Å². The van der Waals surface area contributed by atoms with E-state index in [9.17, 15) is 57.8 Å². The summed E-state index contributed by atoms with van der Waals surface area (Å²) in [5, 5.41) is 9.61. The highest BCUT2D eigenvalue weighted by molar-refractivity contribution is 5.52. The van der Waals surface area contributed by atoms with Gasteiger partial charge in [-0.2, -0.15) is 48.3 Å².